The largest absolute Gasteiger partial charge is 0.462 e. The number of nitrogens with one attached hydrogen (secondary N) is 2. The summed E-state index contributed by atoms with van der Waals surface area (Å²) in [5.74, 6) is -6.93. The van der Waals surface area contributed by atoms with E-state index < -0.39 is 83.4 Å². The van der Waals surface area contributed by atoms with Gasteiger partial charge in [0.2, 0.25) is 5.78 Å². The van der Waals surface area contributed by atoms with Crippen LogP contribution in [0.4, 0.5) is 5.69 Å². The van der Waals surface area contributed by atoms with Crippen molar-refractivity contribution in [2.45, 2.75) is 98.2 Å². The molecule has 5 aliphatic rings. The highest BCUT2D eigenvalue weighted by molar-refractivity contribution is 6.22. The van der Waals surface area contributed by atoms with Gasteiger partial charge in [-0.1, -0.05) is 76.3 Å². The number of fused-ring (bicyclic) bond motifs is 14. The van der Waals surface area contributed by atoms with E-state index in [1.165, 1.54) is 39.5 Å². The number of allylic oxidation sites excluding steroid dienone is 3. The number of carbonyl (C=O) groups excluding carboxylic acids is 4. The van der Waals surface area contributed by atoms with E-state index in [1.54, 1.807) is 59.8 Å². The monoisotopic (exact) mass is 911 g/mol. The summed E-state index contributed by atoms with van der Waals surface area (Å²) in [7, 11) is 3.47. The first-order valence-electron chi connectivity index (χ1n) is 22.5. The van der Waals surface area contributed by atoms with Crippen LogP contribution in [0.25, 0.3) is 0 Å². The molecule has 0 spiro atoms. The van der Waals surface area contributed by atoms with Gasteiger partial charge in [0.25, 0.3) is 11.7 Å². The summed E-state index contributed by atoms with van der Waals surface area (Å²) in [5.41, 5.74) is 1.41. The topological polar surface area (TPSA) is 209 Å². The number of ketones is 2. The number of hydrogen-bond acceptors (Lipinski definition) is 15. The smallest absolute Gasteiger partial charge is 0.312 e. The first kappa shape index (κ1) is 49.8. The Bertz CT molecular complexity index is 2320. The molecule has 356 valence electrons. The molecule has 1 amide bonds. The molecule has 0 saturated carbocycles. The van der Waals surface area contributed by atoms with Crippen molar-refractivity contribution in [3.63, 3.8) is 0 Å². The first-order valence-corrected chi connectivity index (χ1v) is 22.5. The van der Waals surface area contributed by atoms with E-state index >= 15 is 4.79 Å². The van der Waals surface area contributed by atoms with Gasteiger partial charge in [-0.25, -0.2) is 0 Å². The molecule has 1 aliphatic carbocycles. The Balaban J connectivity index is 1.53. The Kier molecular flexibility index (Phi) is 15.8. The molecule has 1 saturated heterocycles. The van der Waals surface area contributed by atoms with E-state index in [1.807, 2.05) is 42.4 Å². The fourth-order valence-corrected chi connectivity index (χ4v) is 9.07. The highest BCUT2D eigenvalue weighted by Gasteiger charge is 2.52. The minimum atomic E-state index is -2.00. The number of amides is 1. The molecule has 5 N–H and O–H groups in total. The number of likely N-dealkylation sites (N-methyl/N-ethyl adjacent to an activating group) is 1. The number of piperazine rings is 1. The van der Waals surface area contributed by atoms with Crippen LogP contribution >= 0.6 is 0 Å². The number of esters is 1. The summed E-state index contributed by atoms with van der Waals surface area (Å²) >= 11 is 0. The van der Waals surface area contributed by atoms with Crippen LogP contribution in [0.15, 0.2) is 82.8 Å². The molecule has 7 rings (SSSR count). The molecule has 4 aliphatic heterocycles. The van der Waals surface area contributed by atoms with Crippen LogP contribution in [0.1, 0.15) is 92.0 Å². The zero-order valence-corrected chi connectivity index (χ0v) is 39.5. The number of benzene rings is 2. The van der Waals surface area contributed by atoms with Gasteiger partial charge in [-0.3, -0.25) is 24.2 Å². The molecular weight excluding hydrogens is 847 g/mol. The maximum Gasteiger partial charge on any atom is 0.312 e. The van der Waals surface area contributed by atoms with Crippen molar-refractivity contribution >= 4 is 35.3 Å². The maximum absolute atomic E-state index is 15.2. The van der Waals surface area contributed by atoms with Gasteiger partial charge in [-0.2, -0.15) is 5.10 Å². The lowest BCUT2D eigenvalue weighted by atomic mass is 9.78. The van der Waals surface area contributed by atoms with Crippen LogP contribution in [0.5, 0.6) is 5.75 Å². The van der Waals surface area contributed by atoms with E-state index in [9.17, 15) is 29.7 Å². The quantitative estimate of drug-likeness (QED) is 0.183. The Morgan fingerprint density at radius 2 is 1.65 bits per heavy atom. The van der Waals surface area contributed by atoms with Crippen LogP contribution in [0.3, 0.4) is 0 Å². The number of Topliss-reactive ketones (excluding diaryl/α,β-unsaturated/α-hetero) is 2. The molecule has 2 aromatic carbocycles. The van der Waals surface area contributed by atoms with Crippen LogP contribution in [0.2, 0.25) is 0 Å². The predicted molar refractivity (Wildman–Crippen MR) is 248 cm³/mol. The molecule has 2 aromatic rings. The lowest BCUT2D eigenvalue weighted by Gasteiger charge is -2.38. The van der Waals surface area contributed by atoms with Gasteiger partial charge in [0.05, 0.1) is 53.3 Å². The minimum Gasteiger partial charge on any atom is -0.462 e. The van der Waals surface area contributed by atoms with Gasteiger partial charge in [0, 0.05) is 99.6 Å². The standard InChI is InChI=1S/C50H65N5O11/c1-27-15-14-16-28(2)49(62)53-41-35(26-52-55-22-20-54(9)21-23-55)44(59)37-38(45(41)60)40(51-25-34-17-12-11-13-18-34)30(4)47-39(37)48(61)50(8,66-47)64-24-19-36(63-10)29(3)46(65-33(7)56)32(6)43(58)31(5)42(27)57/h11-19,24,26-27,29,31-32,36,42-44,46,51,57-59H,20-23,25H2,1-10H3,(H,53,62)/b15-14+,24-19+,28-16-,52-26+/t27-,29+,31+,32+,36-,42-,43+,44?,46+,50-/m0/s1. The number of hydrazone groups is 1. The third-order valence-electron chi connectivity index (χ3n) is 13.3. The van der Waals surface area contributed by atoms with Gasteiger partial charge in [0.1, 0.15) is 18.0 Å². The number of carbonyl (C=O) groups is 4. The molecule has 0 radical (unpaired) electrons. The molecular formula is C50H65N5O11. The Hall–Kier alpha value is -5.65. The van der Waals surface area contributed by atoms with Crippen molar-refractivity contribution in [3.8, 4) is 5.75 Å². The molecule has 1 unspecified atom stereocenters. The summed E-state index contributed by atoms with van der Waals surface area (Å²) < 4.78 is 24.3. The average Bonchev–Trinajstić information content (AvgIpc) is 3.56. The molecule has 10 atom stereocenters. The molecule has 16 nitrogen and oxygen atoms in total. The molecule has 5 bridgehead atoms. The number of methoxy groups -OCH3 is 1. The van der Waals surface area contributed by atoms with E-state index in [0.717, 1.165) is 18.7 Å². The van der Waals surface area contributed by atoms with Crippen LogP contribution in [-0.4, -0.2) is 125 Å². The van der Waals surface area contributed by atoms with Gasteiger partial charge in [-0.05, 0) is 32.5 Å². The summed E-state index contributed by atoms with van der Waals surface area (Å²) in [5, 5.41) is 48.3. The van der Waals surface area contributed by atoms with Gasteiger partial charge in [0.15, 0.2) is 0 Å². The Morgan fingerprint density at radius 3 is 2.30 bits per heavy atom. The molecule has 0 aromatic heterocycles. The van der Waals surface area contributed by atoms with Crippen LogP contribution in [-0.2, 0) is 30.3 Å². The number of rotatable bonds is 7. The summed E-state index contributed by atoms with van der Waals surface area (Å²) in [4.78, 5) is 58.8. The maximum atomic E-state index is 15.2. The van der Waals surface area contributed by atoms with E-state index in [-0.39, 0.29) is 51.5 Å². The molecule has 66 heavy (non-hydrogen) atoms. The lowest BCUT2D eigenvalue weighted by Crippen LogP contribution is -2.46. The number of anilines is 1. The third kappa shape index (κ3) is 10.3. The molecule has 1 fully saturated rings. The van der Waals surface area contributed by atoms with Gasteiger partial charge < -0.3 is 49.8 Å². The third-order valence-corrected chi connectivity index (χ3v) is 13.3. The van der Waals surface area contributed by atoms with Crippen LogP contribution < -0.4 is 15.4 Å². The van der Waals surface area contributed by atoms with Crippen molar-refractivity contribution in [2.24, 2.45) is 28.8 Å². The average molecular weight is 912 g/mol. The van der Waals surface area contributed by atoms with Crippen LogP contribution in [0, 0.1) is 30.6 Å². The van der Waals surface area contributed by atoms with Gasteiger partial charge in [-0.15, -0.1) is 0 Å². The normalized spacial score (nSPS) is 32.0. The fourth-order valence-electron chi connectivity index (χ4n) is 9.07. The molecule has 16 heteroatoms. The number of hydrogen-bond donors (Lipinski definition) is 5. The minimum absolute atomic E-state index is 0.0209. The van der Waals surface area contributed by atoms with Crippen molar-refractivity contribution in [3.05, 3.63) is 106 Å². The van der Waals surface area contributed by atoms with Crippen molar-refractivity contribution < 1.29 is 53.4 Å². The second-order valence-corrected chi connectivity index (χ2v) is 18.1. The summed E-state index contributed by atoms with van der Waals surface area (Å²) in [6.45, 7) is 15.8. The number of aliphatic hydroxyl groups is 3. The van der Waals surface area contributed by atoms with E-state index in [4.69, 9.17) is 18.9 Å². The number of ether oxygens (including phenoxy) is 4. The zero-order chi connectivity index (χ0) is 48.2. The lowest BCUT2D eigenvalue weighted by molar-refractivity contribution is -0.160. The summed E-state index contributed by atoms with van der Waals surface area (Å²) in [6.07, 6.45) is 3.50. The highest BCUT2D eigenvalue weighted by atomic mass is 16.7. The van der Waals surface area contributed by atoms with E-state index in [2.05, 4.69) is 20.6 Å². The van der Waals surface area contributed by atoms with Crippen molar-refractivity contribution in [1.29, 1.82) is 0 Å². The number of aliphatic hydroxyl groups excluding tert-OH is 3. The van der Waals surface area contributed by atoms with Gasteiger partial charge >= 0.3 is 11.8 Å². The Labute approximate surface area is 387 Å². The SMILES string of the molecule is CO[C@H]1/C=C/O[C@@]2(C)Oc3c(C)c(NCc4ccccc4)c4c(c3C2=O)C(O)C(/C=N/N2CCN(C)CC2)=C(NC(=O)/C(C)=C\C=C\[C@H](C)[C@H](O)[C@@H](C)[C@@H](O)[C@@H](C)[C@H](OC(C)=O)[C@@H]1C)C4=O. The fraction of sp³-hybridized carbons (Fsp3) is 0.500. The molecule has 4 heterocycles. The number of nitrogens with zero attached hydrogens (tertiary/aromatic N) is 3. The second-order valence-electron chi connectivity index (χ2n) is 18.1. The van der Waals surface area contributed by atoms with E-state index in [0.29, 0.717) is 18.7 Å². The van der Waals surface area contributed by atoms with Crippen molar-refractivity contribution in [2.75, 3.05) is 45.7 Å². The Morgan fingerprint density at radius 1 is 0.970 bits per heavy atom. The zero-order valence-electron chi connectivity index (χ0n) is 39.5. The first-order chi connectivity index (χ1) is 31.3. The van der Waals surface area contributed by atoms with Crippen molar-refractivity contribution in [1.82, 2.24) is 15.2 Å². The summed E-state index contributed by atoms with van der Waals surface area (Å²) in [6, 6.07) is 9.48. The second kappa shape index (κ2) is 20.9. The predicted octanol–water partition coefficient (Wildman–Crippen LogP) is 4.99. The highest BCUT2D eigenvalue weighted by Crippen LogP contribution is 2.51.